The molecule has 0 saturated carbocycles. The third-order valence-corrected chi connectivity index (χ3v) is 4.82. The molecule has 0 fully saturated rings. The maximum absolute atomic E-state index is 12.2. The van der Waals surface area contributed by atoms with Crippen LogP contribution in [0.2, 0.25) is 0 Å². The Bertz CT molecular complexity index is 732. The highest BCUT2D eigenvalue weighted by Gasteiger charge is 2.13. The van der Waals surface area contributed by atoms with Crippen LogP contribution in [0.5, 0.6) is 0 Å². The standard InChI is InChI=1S/C20H24N2O2S/c1-15-9-10-16(2)18(13-15)21-19(23)14-22(3)20(24)11-12-25-17-7-5-4-6-8-17/h4-10,13H,11-12,14H2,1-3H3,(H,21,23). The molecule has 0 radical (unpaired) electrons. The van der Waals surface area contributed by atoms with Crippen LogP contribution >= 0.6 is 11.8 Å². The number of nitrogens with one attached hydrogen (secondary N) is 1. The number of thioether (sulfide) groups is 1. The van der Waals surface area contributed by atoms with Gasteiger partial charge >= 0.3 is 0 Å². The van der Waals surface area contributed by atoms with Gasteiger partial charge in [0.1, 0.15) is 0 Å². The van der Waals surface area contributed by atoms with E-state index in [9.17, 15) is 9.59 Å². The first-order valence-electron chi connectivity index (χ1n) is 8.24. The maximum atomic E-state index is 12.2. The number of hydrogen-bond acceptors (Lipinski definition) is 3. The highest BCUT2D eigenvalue weighted by molar-refractivity contribution is 7.99. The lowest BCUT2D eigenvalue weighted by Crippen LogP contribution is -2.35. The Kier molecular flexibility index (Phi) is 7.07. The molecule has 0 saturated heterocycles. The summed E-state index contributed by atoms with van der Waals surface area (Å²) in [4.78, 5) is 27.0. The molecule has 0 aromatic heterocycles. The molecule has 2 rings (SSSR count). The number of aryl methyl sites for hydroxylation is 2. The molecule has 0 unspecified atom stereocenters. The molecular weight excluding hydrogens is 332 g/mol. The molecule has 0 aliphatic carbocycles. The molecule has 4 nitrogen and oxygen atoms in total. The van der Waals surface area contributed by atoms with Gasteiger partial charge in [0.2, 0.25) is 11.8 Å². The molecule has 5 heteroatoms. The number of carbonyl (C=O) groups excluding carboxylic acids is 2. The van der Waals surface area contributed by atoms with E-state index in [-0.39, 0.29) is 18.4 Å². The number of amides is 2. The van der Waals surface area contributed by atoms with Crippen molar-refractivity contribution in [2.75, 3.05) is 24.7 Å². The summed E-state index contributed by atoms with van der Waals surface area (Å²) >= 11 is 1.64. The van der Waals surface area contributed by atoms with E-state index >= 15 is 0 Å². The summed E-state index contributed by atoms with van der Waals surface area (Å²) in [6.45, 7) is 3.99. The molecular formula is C20H24N2O2S. The average molecular weight is 356 g/mol. The normalized spacial score (nSPS) is 10.4. The molecule has 2 amide bonds. The lowest BCUT2D eigenvalue weighted by atomic mass is 10.1. The molecule has 132 valence electrons. The van der Waals surface area contributed by atoms with Gasteiger partial charge in [-0.15, -0.1) is 11.8 Å². The van der Waals surface area contributed by atoms with Gasteiger partial charge in [-0.25, -0.2) is 0 Å². The molecule has 0 heterocycles. The van der Waals surface area contributed by atoms with Crippen molar-refractivity contribution in [2.24, 2.45) is 0 Å². The fraction of sp³-hybridized carbons (Fsp3) is 0.300. The Morgan fingerprint density at radius 2 is 1.80 bits per heavy atom. The van der Waals surface area contributed by atoms with Crippen molar-refractivity contribution < 1.29 is 9.59 Å². The zero-order valence-electron chi connectivity index (χ0n) is 14.9. The Labute approximate surface area is 153 Å². The lowest BCUT2D eigenvalue weighted by molar-refractivity contribution is -0.132. The molecule has 2 aromatic carbocycles. The van der Waals surface area contributed by atoms with E-state index < -0.39 is 0 Å². The van der Waals surface area contributed by atoms with E-state index in [1.807, 2.05) is 62.4 Å². The van der Waals surface area contributed by atoms with Crippen LogP contribution in [0.25, 0.3) is 0 Å². The van der Waals surface area contributed by atoms with Gasteiger partial charge in [0, 0.05) is 29.8 Å². The zero-order valence-corrected chi connectivity index (χ0v) is 15.7. The highest BCUT2D eigenvalue weighted by atomic mass is 32.2. The molecule has 1 N–H and O–H groups in total. The minimum Gasteiger partial charge on any atom is -0.336 e. The predicted molar refractivity (Wildman–Crippen MR) is 104 cm³/mol. The summed E-state index contributed by atoms with van der Waals surface area (Å²) in [5, 5.41) is 2.88. The van der Waals surface area contributed by atoms with Crippen molar-refractivity contribution in [2.45, 2.75) is 25.2 Å². The van der Waals surface area contributed by atoms with E-state index in [0.29, 0.717) is 12.2 Å². The first-order chi connectivity index (χ1) is 12.0. The van der Waals surface area contributed by atoms with E-state index in [0.717, 1.165) is 21.7 Å². The van der Waals surface area contributed by atoms with Crippen molar-refractivity contribution in [3.05, 3.63) is 59.7 Å². The molecule has 0 aliphatic rings. The van der Waals surface area contributed by atoms with Crippen LogP contribution in [0.3, 0.4) is 0 Å². The highest BCUT2D eigenvalue weighted by Crippen LogP contribution is 2.18. The van der Waals surface area contributed by atoms with Gasteiger partial charge in [0.15, 0.2) is 0 Å². The van der Waals surface area contributed by atoms with Crippen molar-refractivity contribution in [3.63, 3.8) is 0 Å². The summed E-state index contributed by atoms with van der Waals surface area (Å²) in [5.41, 5.74) is 2.89. The summed E-state index contributed by atoms with van der Waals surface area (Å²) < 4.78 is 0. The van der Waals surface area contributed by atoms with E-state index in [1.165, 1.54) is 4.90 Å². The van der Waals surface area contributed by atoms with Crippen molar-refractivity contribution in [1.29, 1.82) is 0 Å². The van der Waals surface area contributed by atoms with Crippen LogP contribution in [0.15, 0.2) is 53.4 Å². The molecule has 2 aromatic rings. The van der Waals surface area contributed by atoms with Crippen LogP contribution in [0.1, 0.15) is 17.5 Å². The molecule has 0 atom stereocenters. The van der Waals surface area contributed by atoms with Gasteiger partial charge in [-0.1, -0.05) is 30.3 Å². The minimum absolute atomic E-state index is 0.0282. The van der Waals surface area contributed by atoms with Gasteiger partial charge in [-0.2, -0.15) is 0 Å². The lowest BCUT2D eigenvalue weighted by Gasteiger charge is -2.17. The van der Waals surface area contributed by atoms with Crippen LogP contribution in [0, 0.1) is 13.8 Å². The third-order valence-electron chi connectivity index (χ3n) is 3.80. The van der Waals surface area contributed by atoms with E-state index in [1.54, 1.807) is 18.8 Å². The molecule has 0 spiro atoms. The number of anilines is 1. The van der Waals surface area contributed by atoms with E-state index in [4.69, 9.17) is 0 Å². The topological polar surface area (TPSA) is 49.4 Å². The average Bonchev–Trinajstić information content (AvgIpc) is 2.59. The van der Waals surface area contributed by atoms with Crippen molar-refractivity contribution in [1.82, 2.24) is 4.90 Å². The quantitative estimate of drug-likeness (QED) is 0.766. The second kappa shape index (κ2) is 9.28. The van der Waals surface area contributed by atoms with Crippen molar-refractivity contribution >= 4 is 29.3 Å². The Balaban J connectivity index is 1.78. The molecule has 25 heavy (non-hydrogen) atoms. The number of likely N-dealkylation sites (N-methyl/N-ethyl adjacent to an activating group) is 1. The van der Waals surface area contributed by atoms with Gasteiger partial charge in [-0.3, -0.25) is 9.59 Å². The fourth-order valence-corrected chi connectivity index (χ4v) is 3.19. The summed E-state index contributed by atoms with van der Waals surface area (Å²) in [6.07, 6.45) is 0.410. The number of nitrogens with zero attached hydrogens (tertiary/aromatic N) is 1. The summed E-state index contributed by atoms with van der Waals surface area (Å²) in [5.74, 6) is 0.492. The predicted octanol–water partition coefficient (Wildman–Crippen LogP) is 3.88. The van der Waals surface area contributed by atoms with Crippen LogP contribution < -0.4 is 5.32 Å². The van der Waals surface area contributed by atoms with Crippen LogP contribution in [-0.2, 0) is 9.59 Å². The minimum atomic E-state index is -0.180. The maximum Gasteiger partial charge on any atom is 0.243 e. The smallest absolute Gasteiger partial charge is 0.243 e. The number of rotatable bonds is 7. The number of carbonyl (C=O) groups is 2. The van der Waals surface area contributed by atoms with Gasteiger partial charge < -0.3 is 10.2 Å². The largest absolute Gasteiger partial charge is 0.336 e. The second-order valence-corrected chi connectivity index (χ2v) is 7.20. The van der Waals surface area contributed by atoms with Gasteiger partial charge in [0.25, 0.3) is 0 Å². The monoisotopic (exact) mass is 356 g/mol. The SMILES string of the molecule is Cc1ccc(C)c(NC(=O)CN(C)C(=O)CCSc2ccccc2)c1. The third kappa shape index (κ3) is 6.27. The van der Waals surface area contributed by atoms with Crippen molar-refractivity contribution in [3.8, 4) is 0 Å². The Morgan fingerprint density at radius 1 is 1.08 bits per heavy atom. The van der Waals surface area contributed by atoms with E-state index in [2.05, 4.69) is 5.32 Å². The molecule has 0 aliphatic heterocycles. The fourth-order valence-electron chi connectivity index (χ4n) is 2.33. The first-order valence-corrected chi connectivity index (χ1v) is 9.23. The zero-order chi connectivity index (χ0) is 18.2. The number of hydrogen-bond donors (Lipinski definition) is 1. The van der Waals surface area contributed by atoms with Crippen LogP contribution in [0.4, 0.5) is 5.69 Å². The Hall–Kier alpha value is -2.27. The first kappa shape index (κ1) is 19.1. The van der Waals surface area contributed by atoms with Gasteiger partial charge in [-0.05, 0) is 43.2 Å². The number of benzene rings is 2. The Morgan fingerprint density at radius 3 is 2.52 bits per heavy atom. The van der Waals surface area contributed by atoms with Gasteiger partial charge in [0.05, 0.1) is 6.54 Å². The van der Waals surface area contributed by atoms with Crippen LogP contribution in [-0.4, -0.2) is 36.1 Å². The second-order valence-electron chi connectivity index (χ2n) is 6.03. The molecule has 0 bridgehead atoms. The summed E-state index contributed by atoms with van der Waals surface area (Å²) in [7, 11) is 1.66. The summed E-state index contributed by atoms with van der Waals surface area (Å²) in [6, 6.07) is 15.9.